The van der Waals surface area contributed by atoms with E-state index in [-0.39, 0.29) is 33.2 Å². The largest absolute Gasteiger partial charge is 0.502 e. The minimum Gasteiger partial charge on any atom is -0.502 e. The summed E-state index contributed by atoms with van der Waals surface area (Å²) in [5.41, 5.74) is 1.61. The third kappa shape index (κ3) is 5.15. The number of para-hydroxylation sites is 1. The number of nitro groups is 1. The zero-order valence-corrected chi connectivity index (χ0v) is 18.7. The molecule has 1 aromatic heterocycles. The Labute approximate surface area is 190 Å². The summed E-state index contributed by atoms with van der Waals surface area (Å²) < 4.78 is 15.8. The molecule has 0 fully saturated rings. The number of nitro benzene ring substituents is 1. The molecule has 0 bridgehead atoms. The predicted molar refractivity (Wildman–Crippen MR) is 127 cm³/mol. The molecule has 3 rings (SSSR count). The highest BCUT2D eigenvalue weighted by molar-refractivity contribution is 7.81. The summed E-state index contributed by atoms with van der Waals surface area (Å²) >= 11 is 5.52. The maximum Gasteiger partial charge on any atom is 0.288 e. The van der Waals surface area contributed by atoms with Gasteiger partial charge in [0.1, 0.15) is 5.82 Å². The molecule has 32 heavy (non-hydrogen) atoms. The lowest BCUT2D eigenvalue weighted by Gasteiger charge is -2.18. The van der Waals surface area contributed by atoms with Crippen molar-refractivity contribution in [3.63, 3.8) is 0 Å². The molecule has 0 spiro atoms. The van der Waals surface area contributed by atoms with Crippen molar-refractivity contribution in [1.82, 2.24) is 0 Å². The molecular formula is C24H23FN3O3S+. The molecule has 3 aromatic rings. The Bertz CT molecular complexity index is 1180. The van der Waals surface area contributed by atoms with Crippen LogP contribution >= 0.6 is 12.2 Å². The van der Waals surface area contributed by atoms with E-state index in [1.54, 1.807) is 29.1 Å². The van der Waals surface area contributed by atoms with Gasteiger partial charge in [-0.15, -0.1) is 0 Å². The first-order valence-corrected chi connectivity index (χ1v) is 10.2. The number of aromatic nitrogens is 1. The Morgan fingerprint density at radius 1 is 1.06 bits per heavy atom. The minimum absolute atomic E-state index is 0.0741. The summed E-state index contributed by atoms with van der Waals surface area (Å²) in [7, 11) is 0. The molecule has 8 heteroatoms. The van der Waals surface area contributed by atoms with Crippen LogP contribution < -0.4 is 9.88 Å². The quantitative estimate of drug-likeness (QED) is 0.131. The maximum atomic E-state index is 14.2. The first-order valence-electron chi connectivity index (χ1n) is 9.84. The molecule has 0 unspecified atom stereocenters. The van der Waals surface area contributed by atoms with E-state index in [9.17, 15) is 19.6 Å². The Morgan fingerprint density at radius 3 is 2.19 bits per heavy atom. The van der Waals surface area contributed by atoms with E-state index in [0.717, 1.165) is 5.56 Å². The van der Waals surface area contributed by atoms with Crippen molar-refractivity contribution in [1.29, 1.82) is 0 Å². The molecule has 1 heterocycles. The Balaban J connectivity index is 2.09. The molecule has 6 nitrogen and oxygen atoms in total. The molecule has 0 atom stereocenters. The van der Waals surface area contributed by atoms with Crippen molar-refractivity contribution in [3.8, 4) is 0 Å². The van der Waals surface area contributed by atoms with Gasteiger partial charge in [0.25, 0.3) is 11.4 Å². The third-order valence-electron chi connectivity index (χ3n) is 4.87. The summed E-state index contributed by atoms with van der Waals surface area (Å²) in [5, 5.41) is 24.9. The zero-order valence-electron chi connectivity index (χ0n) is 17.9. The number of halogens is 1. The van der Waals surface area contributed by atoms with Crippen LogP contribution in [0.3, 0.4) is 0 Å². The van der Waals surface area contributed by atoms with Crippen LogP contribution in [0.15, 0.2) is 73.1 Å². The van der Waals surface area contributed by atoms with Gasteiger partial charge in [0.15, 0.2) is 23.1 Å². The predicted octanol–water partition coefficient (Wildman–Crippen LogP) is 5.64. The summed E-state index contributed by atoms with van der Waals surface area (Å²) in [6.07, 6.45) is 3.51. The number of non-ortho nitro benzene ring substituents is 1. The van der Waals surface area contributed by atoms with Crippen molar-refractivity contribution in [2.45, 2.75) is 26.2 Å². The van der Waals surface area contributed by atoms with E-state index < -0.39 is 10.7 Å². The van der Waals surface area contributed by atoms with Crippen LogP contribution in [0, 0.1) is 15.9 Å². The van der Waals surface area contributed by atoms with Crippen molar-refractivity contribution >= 4 is 40.0 Å². The highest BCUT2D eigenvalue weighted by atomic mass is 32.1. The fourth-order valence-electron chi connectivity index (χ4n) is 3.04. The van der Waals surface area contributed by atoms with E-state index in [2.05, 4.69) is 26.1 Å². The molecule has 0 aliphatic rings. The smallest absolute Gasteiger partial charge is 0.288 e. The number of nitrogens with one attached hydrogen (secondary N) is 1. The molecule has 0 saturated heterocycles. The molecular weight excluding hydrogens is 429 g/mol. The van der Waals surface area contributed by atoms with Gasteiger partial charge in [-0.1, -0.05) is 45.1 Å². The number of anilines is 1. The number of rotatable bonds is 5. The van der Waals surface area contributed by atoms with Gasteiger partial charge in [-0.2, -0.15) is 4.57 Å². The van der Waals surface area contributed by atoms with E-state index >= 15 is 0 Å². The van der Waals surface area contributed by atoms with Crippen LogP contribution in [0.2, 0.25) is 0 Å². The van der Waals surface area contributed by atoms with Gasteiger partial charge in [-0.05, 0) is 35.2 Å². The number of aliphatic hydroxyl groups excluding tert-OH is 1. The highest BCUT2D eigenvalue weighted by Crippen LogP contribution is 2.24. The second-order valence-electron chi connectivity index (χ2n) is 8.18. The third-order valence-corrected chi connectivity index (χ3v) is 5.16. The second-order valence-corrected chi connectivity index (χ2v) is 8.59. The first-order chi connectivity index (χ1) is 15.1. The number of aliphatic hydroxyl groups is 1. The van der Waals surface area contributed by atoms with Gasteiger partial charge in [-0.25, -0.2) is 4.39 Å². The van der Waals surface area contributed by atoms with Crippen molar-refractivity contribution in [3.05, 3.63) is 100 Å². The normalized spacial score (nSPS) is 12.1. The molecule has 2 aromatic carbocycles. The van der Waals surface area contributed by atoms with Crippen LogP contribution in [0.1, 0.15) is 31.9 Å². The summed E-state index contributed by atoms with van der Waals surface area (Å²) in [6.45, 7) is 6.26. The Hall–Kier alpha value is -3.65. The van der Waals surface area contributed by atoms with Gasteiger partial charge in [0, 0.05) is 29.8 Å². The topological polar surface area (TPSA) is 79.3 Å². The molecule has 0 aliphatic carbocycles. The van der Waals surface area contributed by atoms with E-state index in [0.29, 0.717) is 5.56 Å². The average molecular weight is 453 g/mol. The van der Waals surface area contributed by atoms with Gasteiger partial charge >= 0.3 is 0 Å². The summed E-state index contributed by atoms with van der Waals surface area (Å²) in [4.78, 5) is 10.5. The molecule has 0 aliphatic heterocycles. The van der Waals surface area contributed by atoms with Crippen molar-refractivity contribution in [2.24, 2.45) is 0 Å². The monoisotopic (exact) mass is 452 g/mol. The van der Waals surface area contributed by atoms with Crippen LogP contribution in [-0.2, 0) is 5.41 Å². The SMILES string of the molecule is CC(C)(C)c1cc[n+](C(C(=S)Nc2ccccc2F)=C(O)c2ccc([N+](=O)[O-])cc2)cc1. The fraction of sp³-hybridized carbons (Fsp3) is 0.167. The van der Waals surface area contributed by atoms with Crippen LogP contribution in [-0.4, -0.2) is 15.0 Å². The number of hydrogen-bond donors (Lipinski definition) is 2. The van der Waals surface area contributed by atoms with E-state index in [4.69, 9.17) is 12.2 Å². The zero-order chi connectivity index (χ0) is 23.5. The Kier molecular flexibility index (Phi) is 6.64. The minimum atomic E-state index is -0.518. The number of pyridine rings is 1. The van der Waals surface area contributed by atoms with Crippen LogP contribution in [0.25, 0.3) is 11.5 Å². The lowest BCUT2D eigenvalue weighted by atomic mass is 9.88. The van der Waals surface area contributed by atoms with E-state index in [1.165, 1.54) is 36.4 Å². The standard InChI is InChI=1S/C24H22FN3O3S/c1-24(2,3)17-12-14-27(15-13-17)21(23(32)26-20-7-5-4-6-19(20)25)22(29)16-8-10-18(11-9-16)28(30)31/h4-15H,1-3H3,(H-,26,29,32)/p+1. The second kappa shape index (κ2) is 9.23. The van der Waals surface area contributed by atoms with Crippen molar-refractivity contribution in [2.75, 3.05) is 5.32 Å². The molecule has 164 valence electrons. The summed E-state index contributed by atoms with van der Waals surface area (Å²) in [5.74, 6) is -0.695. The number of nitrogens with zero attached hydrogens (tertiary/aromatic N) is 2. The van der Waals surface area contributed by atoms with E-state index in [1.807, 2.05) is 12.1 Å². The highest BCUT2D eigenvalue weighted by Gasteiger charge is 2.26. The maximum absolute atomic E-state index is 14.2. The van der Waals surface area contributed by atoms with Crippen LogP contribution in [0.4, 0.5) is 15.8 Å². The van der Waals surface area contributed by atoms with Gasteiger partial charge < -0.3 is 10.4 Å². The lowest BCUT2D eigenvalue weighted by molar-refractivity contribution is -0.575. The first kappa shape index (κ1) is 23.0. The summed E-state index contributed by atoms with van der Waals surface area (Å²) in [6, 6.07) is 15.3. The molecule has 0 amide bonds. The molecule has 2 N–H and O–H groups in total. The number of hydrogen-bond acceptors (Lipinski definition) is 4. The molecule has 0 radical (unpaired) electrons. The van der Waals surface area contributed by atoms with Crippen LogP contribution in [0.5, 0.6) is 0 Å². The Morgan fingerprint density at radius 2 is 1.66 bits per heavy atom. The van der Waals surface area contributed by atoms with Crippen molar-refractivity contribution < 1.29 is 19.0 Å². The fourth-order valence-corrected chi connectivity index (χ4v) is 3.36. The van der Waals surface area contributed by atoms with Gasteiger partial charge in [-0.3, -0.25) is 10.1 Å². The lowest BCUT2D eigenvalue weighted by Crippen LogP contribution is -2.39. The average Bonchev–Trinajstić information content (AvgIpc) is 2.75. The van der Waals surface area contributed by atoms with Gasteiger partial charge in [0.05, 0.1) is 10.6 Å². The number of benzene rings is 2. The molecule has 0 saturated carbocycles. The number of thiocarbonyl (C=S) groups is 1. The van der Waals surface area contributed by atoms with Gasteiger partial charge in [0.2, 0.25) is 0 Å².